The average molecular weight is 474 g/mol. The van der Waals surface area contributed by atoms with Gasteiger partial charge in [-0.3, -0.25) is 4.57 Å². The summed E-state index contributed by atoms with van der Waals surface area (Å²) in [6.45, 7) is 1.50. The van der Waals surface area contributed by atoms with Gasteiger partial charge in [-0.2, -0.15) is 4.31 Å². The molecule has 1 aliphatic rings. The summed E-state index contributed by atoms with van der Waals surface area (Å²) in [6, 6.07) is 6.31. The lowest BCUT2D eigenvalue weighted by atomic mass is 10.3. The summed E-state index contributed by atoms with van der Waals surface area (Å²) in [5, 5.41) is 8.83. The fraction of sp³-hybridized carbons (Fsp3) is 0.235. The predicted molar refractivity (Wildman–Crippen MR) is 112 cm³/mol. The summed E-state index contributed by atoms with van der Waals surface area (Å²) in [6.07, 6.45) is 5.08. The van der Waals surface area contributed by atoms with Gasteiger partial charge in [0.15, 0.2) is 11.6 Å². The molecule has 1 fully saturated rings. The highest BCUT2D eigenvalue weighted by molar-refractivity contribution is 7.89. The molecule has 8 nitrogen and oxygen atoms in total. The molecule has 1 saturated heterocycles. The summed E-state index contributed by atoms with van der Waals surface area (Å²) in [5.74, 6) is 1.33. The number of halogens is 3. The molecule has 0 amide bonds. The van der Waals surface area contributed by atoms with Crippen molar-refractivity contribution in [2.24, 2.45) is 0 Å². The molecule has 12 heteroatoms. The minimum atomic E-state index is -3.79. The van der Waals surface area contributed by atoms with Crippen LogP contribution in [0.1, 0.15) is 0 Å². The van der Waals surface area contributed by atoms with Crippen molar-refractivity contribution in [1.29, 1.82) is 0 Å². The Morgan fingerprint density at radius 1 is 0.862 bits per heavy atom. The second-order valence-corrected chi connectivity index (χ2v) is 9.44. The van der Waals surface area contributed by atoms with Crippen LogP contribution in [0.2, 0.25) is 15.1 Å². The number of nitrogens with zero attached hydrogens (tertiary/aromatic N) is 6. The normalized spacial score (nSPS) is 15.6. The minimum absolute atomic E-state index is 0.0442. The molecule has 0 unspecified atom stereocenters. The van der Waals surface area contributed by atoms with Gasteiger partial charge in [0.05, 0.1) is 15.1 Å². The first-order chi connectivity index (χ1) is 13.9. The van der Waals surface area contributed by atoms with E-state index in [1.165, 1.54) is 16.4 Å². The highest BCUT2D eigenvalue weighted by atomic mass is 35.5. The Morgan fingerprint density at radius 3 is 2.14 bits per heavy atom. The number of rotatable bonds is 4. The Balaban J connectivity index is 1.47. The van der Waals surface area contributed by atoms with Gasteiger partial charge in [0.2, 0.25) is 10.0 Å². The number of anilines is 1. The van der Waals surface area contributed by atoms with E-state index < -0.39 is 10.0 Å². The van der Waals surface area contributed by atoms with Gasteiger partial charge >= 0.3 is 0 Å². The predicted octanol–water partition coefficient (Wildman–Crippen LogP) is 3.13. The summed E-state index contributed by atoms with van der Waals surface area (Å²) >= 11 is 18.0. The van der Waals surface area contributed by atoms with Gasteiger partial charge in [-0.25, -0.2) is 13.4 Å². The van der Waals surface area contributed by atoms with E-state index in [0.29, 0.717) is 24.7 Å². The third-order valence-corrected chi connectivity index (χ3v) is 7.65. The SMILES string of the molecule is O=S(=O)(c1cc(Cl)c(Cl)cc1Cl)N1CCN(c2ccc(-n3ccnc3)nn2)CC1. The first kappa shape index (κ1) is 20.4. The Bertz CT molecular complexity index is 1110. The molecule has 3 heterocycles. The molecule has 0 radical (unpaired) electrons. The van der Waals surface area contributed by atoms with Gasteiger partial charge in [0.1, 0.15) is 11.2 Å². The summed E-state index contributed by atoms with van der Waals surface area (Å²) in [7, 11) is -3.79. The van der Waals surface area contributed by atoms with Crippen molar-refractivity contribution in [3.63, 3.8) is 0 Å². The van der Waals surface area contributed by atoms with Gasteiger partial charge in [0.25, 0.3) is 0 Å². The molecule has 0 N–H and O–H groups in total. The van der Waals surface area contributed by atoms with Crippen LogP contribution in [0.3, 0.4) is 0 Å². The van der Waals surface area contributed by atoms with Crippen molar-refractivity contribution in [2.75, 3.05) is 31.1 Å². The molecule has 0 atom stereocenters. The van der Waals surface area contributed by atoms with Crippen molar-refractivity contribution in [3.05, 3.63) is 58.1 Å². The Hall–Kier alpha value is -1.91. The van der Waals surface area contributed by atoms with Crippen LogP contribution in [0.4, 0.5) is 5.82 Å². The zero-order valence-corrected chi connectivity index (χ0v) is 18.0. The molecule has 152 valence electrons. The minimum Gasteiger partial charge on any atom is -0.352 e. The number of imidazole rings is 1. The lowest BCUT2D eigenvalue weighted by Gasteiger charge is -2.34. The molecular weight excluding hydrogens is 459 g/mol. The van der Waals surface area contributed by atoms with Crippen LogP contribution in [0.5, 0.6) is 0 Å². The highest BCUT2D eigenvalue weighted by Crippen LogP contribution is 2.33. The van der Waals surface area contributed by atoms with Crippen molar-refractivity contribution >= 4 is 50.6 Å². The van der Waals surface area contributed by atoms with Gasteiger partial charge in [-0.05, 0) is 24.3 Å². The lowest BCUT2D eigenvalue weighted by molar-refractivity contribution is 0.383. The van der Waals surface area contributed by atoms with Crippen LogP contribution >= 0.6 is 34.8 Å². The first-order valence-electron chi connectivity index (χ1n) is 8.58. The molecule has 0 spiro atoms. The number of piperazine rings is 1. The van der Waals surface area contributed by atoms with E-state index >= 15 is 0 Å². The van der Waals surface area contributed by atoms with Crippen LogP contribution < -0.4 is 4.90 Å². The Kier molecular flexibility index (Phi) is 5.67. The quantitative estimate of drug-likeness (QED) is 0.541. The number of benzene rings is 1. The average Bonchev–Trinajstić information content (AvgIpc) is 3.26. The molecule has 1 aliphatic heterocycles. The van der Waals surface area contributed by atoms with E-state index in [2.05, 4.69) is 15.2 Å². The topological polar surface area (TPSA) is 84.2 Å². The second-order valence-electron chi connectivity index (χ2n) is 6.31. The maximum Gasteiger partial charge on any atom is 0.244 e. The van der Waals surface area contributed by atoms with E-state index in [-0.39, 0.29) is 33.1 Å². The third-order valence-electron chi connectivity index (χ3n) is 4.56. The molecule has 0 aliphatic carbocycles. The third kappa shape index (κ3) is 4.06. The first-order valence-corrected chi connectivity index (χ1v) is 11.2. The van der Waals surface area contributed by atoms with E-state index in [9.17, 15) is 8.42 Å². The lowest BCUT2D eigenvalue weighted by Crippen LogP contribution is -2.49. The molecule has 0 bridgehead atoms. The van der Waals surface area contributed by atoms with Crippen molar-refractivity contribution < 1.29 is 8.42 Å². The van der Waals surface area contributed by atoms with Crippen LogP contribution in [0.15, 0.2) is 47.9 Å². The van der Waals surface area contributed by atoms with E-state index in [4.69, 9.17) is 34.8 Å². The fourth-order valence-corrected chi connectivity index (χ4v) is 5.42. The van der Waals surface area contributed by atoms with Crippen molar-refractivity contribution in [2.45, 2.75) is 4.90 Å². The van der Waals surface area contributed by atoms with Gasteiger partial charge < -0.3 is 4.90 Å². The monoisotopic (exact) mass is 472 g/mol. The van der Waals surface area contributed by atoms with Crippen molar-refractivity contribution in [1.82, 2.24) is 24.1 Å². The molecular formula is C17H15Cl3N6O2S. The zero-order chi connectivity index (χ0) is 20.6. The molecule has 3 aromatic rings. The Morgan fingerprint density at radius 2 is 1.52 bits per heavy atom. The molecule has 2 aromatic heterocycles. The highest BCUT2D eigenvalue weighted by Gasteiger charge is 2.31. The van der Waals surface area contributed by atoms with E-state index in [0.717, 1.165) is 0 Å². The fourth-order valence-electron chi connectivity index (χ4n) is 3.02. The second kappa shape index (κ2) is 8.08. The van der Waals surface area contributed by atoms with Crippen LogP contribution in [-0.4, -0.2) is 58.7 Å². The summed E-state index contributed by atoms with van der Waals surface area (Å²) in [5.41, 5.74) is 0. The van der Waals surface area contributed by atoms with E-state index in [1.807, 2.05) is 17.0 Å². The van der Waals surface area contributed by atoms with Crippen LogP contribution in [-0.2, 0) is 10.0 Å². The number of hydrogen-bond donors (Lipinski definition) is 0. The molecule has 4 rings (SSSR count). The van der Waals surface area contributed by atoms with Gasteiger partial charge in [0, 0.05) is 38.6 Å². The number of aromatic nitrogens is 4. The van der Waals surface area contributed by atoms with E-state index in [1.54, 1.807) is 23.3 Å². The Labute approximate surface area is 182 Å². The largest absolute Gasteiger partial charge is 0.352 e. The number of hydrogen-bond acceptors (Lipinski definition) is 6. The maximum atomic E-state index is 13.0. The molecule has 29 heavy (non-hydrogen) atoms. The standard InChI is InChI=1S/C17H15Cl3N6O2S/c18-12-9-14(20)15(10-13(12)19)29(27,28)26-7-5-24(6-8-26)16-1-2-17(23-22-16)25-4-3-21-11-25/h1-4,9-11H,5-8H2. The smallest absolute Gasteiger partial charge is 0.244 e. The summed E-state index contributed by atoms with van der Waals surface area (Å²) in [4.78, 5) is 5.91. The van der Waals surface area contributed by atoms with Crippen molar-refractivity contribution in [3.8, 4) is 5.82 Å². The van der Waals surface area contributed by atoms with Crippen LogP contribution in [0, 0.1) is 0 Å². The maximum absolute atomic E-state index is 13.0. The molecule has 0 saturated carbocycles. The van der Waals surface area contributed by atoms with Crippen LogP contribution in [0.25, 0.3) is 5.82 Å². The van der Waals surface area contributed by atoms with Gasteiger partial charge in [-0.1, -0.05) is 34.8 Å². The number of sulfonamides is 1. The van der Waals surface area contributed by atoms with Gasteiger partial charge in [-0.15, -0.1) is 10.2 Å². The molecule has 1 aromatic carbocycles. The summed E-state index contributed by atoms with van der Waals surface area (Å²) < 4.78 is 29.1. The zero-order valence-electron chi connectivity index (χ0n) is 14.9.